The van der Waals surface area contributed by atoms with Crippen molar-refractivity contribution in [3.8, 4) is 0 Å². The number of rotatable bonds is 6. The second-order valence-corrected chi connectivity index (χ2v) is 12.0. The zero-order valence-electron chi connectivity index (χ0n) is 10.3. The summed E-state index contributed by atoms with van der Waals surface area (Å²) in [7, 11) is -0.299. The van der Waals surface area contributed by atoms with Gasteiger partial charge in [0.1, 0.15) is 0 Å². The molecule has 0 rings (SSSR count). The van der Waals surface area contributed by atoms with Crippen LogP contribution in [0.25, 0.3) is 0 Å². The summed E-state index contributed by atoms with van der Waals surface area (Å²) in [6.07, 6.45) is 2.16. The first-order valence-corrected chi connectivity index (χ1v) is 12.9. The molecule has 4 heteroatoms. The fourth-order valence-electron chi connectivity index (χ4n) is 1.67. The Balaban J connectivity index is 4.77. The molecule has 0 spiro atoms. The van der Waals surface area contributed by atoms with E-state index in [0.29, 0.717) is 0 Å². The molecule has 84 valence electrons. The number of hydrogen-bond acceptors (Lipinski definition) is 2. The van der Waals surface area contributed by atoms with Crippen LogP contribution in [0.4, 0.5) is 0 Å². The van der Waals surface area contributed by atoms with Gasteiger partial charge in [-0.2, -0.15) is 0 Å². The van der Waals surface area contributed by atoms with Crippen LogP contribution in [0.3, 0.4) is 0 Å². The topological polar surface area (TPSA) is 26.3 Å². The Labute approximate surface area is 94.0 Å². The quantitative estimate of drug-likeness (QED) is 0.552. The van der Waals surface area contributed by atoms with Crippen LogP contribution in [0.2, 0.25) is 11.5 Å². The molecule has 0 aliphatic carbocycles. The molecule has 0 saturated heterocycles. The van der Waals surface area contributed by atoms with Gasteiger partial charge in [-0.15, -0.1) is 0 Å². The van der Waals surface area contributed by atoms with Crippen molar-refractivity contribution in [1.29, 1.82) is 0 Å². The molecular formula is C10H23GeO2P. The summed E-state index contributed by atoms with van der Waals surface area (Å²) in [6.45, 7) is 7.99. The van der Waals surface area contributed by atoms with Gasteiger partial charge >= 0.3 is 93.8 Å². The van der Waals surface area contributed by atoms with Crippen LogP contribution in [-0.4, -0.2) is 38.1 Å². The summed E-state index contributed by atoms with van der Waals surface area (Å²) >= 11 is -1.58. The van der Waals surface area contributed by atoms with E-state index in [2.05, 4.69) is 25.4 Å². The summed E-state index contributed by atoms with van der Waals surface area (Å²) in [6, 6.07) is 0. The predicted molar refractivity (Wildman–Crippen MR) is 67.1 cm³/mol. The van der Waals surface area contributed by atoms with Gasteiger partial charge < -0.3 is 0 Å². The fraction of sp³-hybridized carbons (Fsp3) is 0.900. The van der Waals surface area contributed by atoms with Gasteiger partial charge in [0.2, 0.25) is 0 Å². The van der Waals surface area contributed by atoms with Gasteiger partial charge in [-0.1, -0.05) is 0 Å². The van der Waals surface area contributed by atoms with E-state index in [1.165, 1.54) is 0 Å². The minimum atomic E-state index is -1.58. The first kappa shape index (κ1) is 14.6. The molecule has 0 aliphatic heterocycles. The van der Waals surface area contributed by atoms with Crippen molar-refractivity contribution in [2.45, 2.75) is 44.5 Å². The van der Waals surface area contributed by atoms with Crippen molar-refractivity contribution in [3.63, 3.8) is 0 Å². The normalized spacial score (nSPS) is 16.0. The summed E-state index contributed by atoms with van der Waals surface area (Å²) in [4.78, 5) is 11.7. The van der Waals surface area contributed by atoms with Crippen LogP contribution < -0.4 is 0 Å². The average Bonchev–Trinajstić information content (AvgIpc) is 2.04. The van der Waals surface area contributed by atoms with Crippen molar-refractivity contribution in [2.24, 2.45) is 0 Å². The third kappa shape index (κ3) is 3.64. The van der Waals surface area contributed by atoms with E-state index in [1.54, 1.807) is 6.92 Å². The van der Waals surface area contributed by atoms with Gasteiger partial charge in [0.15, 0.2) is 0 Å². The number of Topliss-reactive ketones (excluding diaryl/α,β-unsaturated/α-hetero) is 1. The Kier molecular flexibility index (Phi) is 6.51. The summed E-state index contributed by atoms with van der Waals surface area (Å²) in [5.74, 6) is 4.56. The molecule has 0 aliphatic rings. The van der Waals surface area contributed by atoms with Gasteiger partial charge in [0, 0.05) is 0 Å². The van der Waals surface area contributed by atoms with Crippen LogP contribution in [0.1, 0.15) is 27.7 Å². The zero-order chi connectivity index (χ0) is 11.4. The van der Waals surface area contributed by atoms with Crippen molar-refractivity contribution in [3.05, 3.63) is 0 Å². The molecule has 0 N–H and O–H groups in total. The van der Waals surface area contributed by atoms with Gasteiger partial charge in [-0.05, 0) is 0 Å². The molecule has 0 bridgehead atoms. The van der Waals surface area contributed by atoms with Gasteiger partial charge in [-0.25, -0.2) is 0 Å². The molecule has 1 atom stereocenters. The van der Waals surface area contributed by atoms with Crippen LogP contribution in [0.5, 0.6) is 0 Å². The molecule has 0 saturated carbocycles. The standard InChI is InChI=1S/C10H23GeO2P/c1-7-14(8-2)10(4,9(3)12)13-11(5)6/h11H,7-8H2,1-6H3. The molecular weight excluding hydrogens is 256 g/mol. The second-order valence-electron chi connectivity index (χ2n) is 3.88. The average molecular weight is 279 g/mol. The van der Waals surface area contributed by atoms with Crippen molar-refractivity contribution in [1.82, 2.24) is 0 Å². The number of hydrogen-bond donors (Lipinski definition) is 0. The molecule has 14 heavy (non-hydrogen) atoms. The summed E-state index contributed by atoms with van der Waals surface area (Å²) in [5, 5.41) is -0.451. The Bertz CT molecular complexity index is 193. The minimum absolute atomic E-state index is 0.214. The van der Waals surface area contributed by atoms with Crippen LogP contribution in [-0.2, 0) is 8.56 Å². The van der Waals surface area contributed by atoms with E-state index in [1.807, 2.05) is 6.92 Å². The SMILES string of the molecule is CCP(CC)C(C)([O][GeH]([CH3])[CH3])C(C)=O. The van der Waals surface area contributed by atoms with Crippen LogP contribution >= 0.6 is 7.92 Å². The number of carbonyl (C=O) groups excluding carboxylic acids is 1. The van der Waals surface area contributed by atoms with Crippen molar-refractivity contribution >= 4 is 28.4 Å². The Morgan fingerprint density at radius 3 is 2.00 bits per heavy atom. The zero-order valence-corrected chi connectivity index (χ0v) is 13.6. The molecule has 0 aromatic carbocycles. The summed E-state index contributed by atoms with van der Waals surface area (Å²) < 4.78 is 6.01. The third-order valence-electron chi connectivity index (χ3n) is 2.49. The van der Waals surface area contributed by atoms with E-state index in [-0.39, 0.29) is 13.7 Å². The maximum absolute atomic E-state index is 11.7. The van der Waals surface area contributed by atoms with Gasteiger partial charge in [0.25, 0.3) is 0 Å². The fourth-order valence-corrected chi connectivity index (χ4v) is 8.22. The van der Waals surface area contributed by atoms with Crippen molar-refractivity contribution < 1.29 is 8.56 Å². The first-order chi connectivity index (χ1) is 6.38. The third-order valence-corrected chi connectivity index (χ3v) is 8.03. The molecule has 2 nitrogen and oxygen atoms in total. The molecule has 0 radical (unpaired) electrons. The first-order valence-electron chi connectivity index (χ1n) is 5.32. The van der Waals surface area contributed by atoms with Crippen LogP contribution in [0.15, 0.2) is 0 Å². The summed E-state index contributed by atoms with van der Waals surface area (Å²) in [5.41, 5.74) is 0. The van der Waals surface area contributed by atoms with Crippen LogP contribution in [0, 0.1) is 0 Å². The molecule has 0 amide bonds. The molecule has 0 aromatic heterocycles. The molecule has 0 heterocycles. The monoisotopic (exact) mass is 280 g/mol. The van der Waals surface area contributed by atoms with Crippen molar-refractivity contribution in [2.75, 3.05) is 12.3 Å². The molecule has 1 unspecified atom stereocenters. The molecule has 0 fully saturated rings. The maximum atomic E-state index is 11.7. The van der Waals surface area contributed by atoms with Gasteiger partial charge in [-0.3, -0.25) is 0 Å². The number of carbonyl (C=O) groups is 1. The Morgan fingerprint density at radius 1 is 1.36 bits per heavy atom. The predicted octanol–water partition coefficient (Wildman–Crippen LogP) is 2.81. The van der Waals surface area contributed by atoms with E-state index < -0.39 is 20.0 Å². The number of ketones is 1. The second kappa shape index (κ2) is 6.24. The van der Waals surface area contributed by atoms with E-state index in [9.17, 15) is 4.79 Å². The van der Waals surface area contributed by atoms with E-state index in [4.69, 9.17) is 3.76 Å². The Hall–Kier alpha value is 0.603. The van der Waals surface area contributed by atoms with Gasteiger partial charge in [0.05, 0.1) is 0 Å². The van der Waals surface area contributed by atoms with E-state index in [0.717, 1.165) is 12.3 Å². The molecule has 0 aromatic rings. The Morgan fingerprint density at radius 2 is 1.79 bits per heavy atom. The van der Waals surface area contributed by atoms with E-state index >= 15 is 0 Å².